The molecule has 0 bridgehead atoms. The lowest BCUT2D eigenvalue weighted by molar-refractivity contribution is -0.120. The van der Waals surface area contributed by atoms with E-state index in [0.717, 1.165) is 16.8 Å². The van der Waals surface area contributed by atoms with Gasteiger partial charge in [0.1, 0.15) is 10.6 Å². The summed E-state index contributed by atoms with van der Waals surface area (Å²) < 4.78 is 28.7. The van der Waals surface area contributed by atoms with Crippen LogP contribution >= 0.6 is 0 Å². The van der Waals surface area contributed by atoms with Gasteiger partial charge in [0.2, 0.25) is 15.9 Å². The Morgan fingerprint density at radius 2 is 1.84 bits per heavy atom. The standard InChI is InChI=1S/C22H30N4O4S/c1-14(2)18-7-5-6-15(3)20(18)24-22(28)16-8-10-26(11-9-16)31(29,30)17-12-19(21(23)27)25(4)13-17/h5-7,12-14,16H,8-11H2,1-4H3,(H2,23,27)(H,24,28). The second-order valence-corrected chi connectivity index (χ2v) is 10.3. The fourth-order valence-electron chi connectivity index (χ4n) is 4.00. The van der Waals surface area contributed by atoms with Crippen molar-refractivity contribution in [3.63, 3.8) is 0 Å². The van der Waals surface area contributed by atoms with Gasteiger partial charge in [-0.15, -0.1) is 0 Å². The molecule has 1 saturated heterocycles. The average Bonchev–Trinajstić information content (AvgIpc) is 3.12. The predicted molar refractivity (Wildman–Crippen MR) is 119 cm³/mol. The summed E-state index contributed by atoms with van der Waals surface area (Å²) in [4.78, 5) is 24.4. The van der Waals surface area contributed by atoms with E-state index in [0.29, 0.717) is 12.8 Å². The molecule has 168 valence electrons. The Kier molecular flexibility index (Phi) is 6.56. The zero-order valence-corrected chi connectivity index (χ0v) is 19.2. The number of benzene rings is 1. The van der Waals surface area contributed by atoms with Crippen LogP contribution in [0.1, 0.15) is 54.2 Å². The van der Waals surface area contributed by atoms with Gasteiger partial charge < -0.3 is 15.6 Å². The Morgan fingerprint density at radius 3 is 2.39 bits per heavy atom. The Hall–Kier alpha value is -2.65. The minimum Gasteiger partial charge on any atom is -0.364 e. The molecule has 0 saturated carbocycles. The molecule has 0 atom stereocenters. The molecular weight excluding hydrogens is 416 g/mol. The molecule has 1 aliphatic rings. The van der Waals surface area contributed by atoms with Gasteiger partial charge in [0, 0.05) is 37.9 Å². The average molecular weight is 447 g/mol. The second kappa shape index (κ2) is 8.84. The van der Waals surface area contributed by atoms with Crippen LogP contribution in [0.3, 0.4) is 0 Å². The van der Waals surface area contributed by atoms with E-state index in [-0.39, 0.29) is 41.4 Å². The van der Waals surface area contributed by atoms with E-state index in [1.54, 1.807) is 7.05 Å². The maximum atomic E-state index is 13.0. The fourth-order valence-corrected chi connectivity index (χ4v) is 5.54. The van der Waals surface area contributed by atoms with Crippen LogP contribution in [0.5, 0.6) is 0 Å². The highest BCUT2D eigenvalue weighted by Gasteiger charge is 2.33. The highest BCUT2D eigenvalue weighted by molar-refractivity contribution is 7.89. The highest BCUT2D eigenvalue weighted by Crippen LogP contribution is 2.30. The lowest BCUT2D eigenvalue weighted by Crippen LogP contribution is -2.41. The van der Waals surface area contributed by atoms with Gasteiger partial charge in [0.25, 0.3) is 5.91 Å². The minimum atomic E-state index is -3.76. The number of aromatic nitrogens is 1. The first kappa shape index (κ1) is 23.0. The van der Waals surface area contributed by atoms with Crippen LogP contribution in [-0.2, 0) is 21.9 Å². The number of nitrogens with one attached hydrogen (secondary N) is 1. The topological polar surface area (TPSA) is 114 Å². The van der Waals surface area contributed by atoms with E-state index in [1.807, 2.05) is 25.1 Å². The third-order valence-electron chi connectivity index (χ3n) is 5.87. The van der Waals surface area contributed by atoms with Gasteiger partial charge in [0.15, 0.2) is 0 Å². The number of carbonyl (C=O) groups is 2. The first-order chi connectivity index (χ1) is 14.5. The number of para-hydroxylation sites is 1. The number of primary amides is 1. The van der Waals surface area contributed by atoms with Gasteiger partial charge >= 0.3 is 0 Å². The van der Waals surface area contributed by atoms with Crippen LogP contribution in [0.2, 0.25) is 0 Å². The number of hydrogen-bond donors (Lipinski definition) is 2. The van der Waals surface area contributed by atoms with Crippen molar-refractivity contribution in [2.24, 2.45) is 18.7 Å². The smallest absolute Gasteiger partial charge is 0.265 e. The van der Waals surface area contributed by atoms with Crippen molar-refractivity contribution >= 4 is 27.5 Å². The van der Waals surface area contributed by atoms with Crippen LogP contribution in [0.25, 0.3) is 0 Å². The normalized spacial score (nSPS) is 15.9. The molecule has 0 spiro atoms. The lowest BCUT2D eigenvalue weighted by atomic mass is 9.95. The summed E-state index contributed by atoms with van der Waals surface area (Å²) in [5.74, 6) is -0.748. The molecule has 9 heteroatoms. The quantitative estimate of drug-likeness (QED) is 0.710. The highest BCUT2D eigenvalue weighted by atomic mass is 32.2. The molecule has 2 heterocycles. The zero-order chi connectivity index (χ0) is 22.9. The monoisotopic (exact) mass is 446 g/mol. The van der Waals surface area contributed by atoms with Gasteiger partial charge in [-0.2, -0.15) is 4.31 Å². The molecule has 3 rings (SSSR count). The van der Waals surface area contributed by atoms with E-state index in [1.165, 1.54) is 21.1 Å². The molecule has 3 N–H and O–H groups in total. The number of nitrogens with two attached hydrogens (primary N) is 1. The maximum Gasteiger partial charge on any atom is 0.265 e. The van der Waals surface area contributed by atoms with Crippen LogP contribution in [0.15, 0.2) is 35.4 Å². The molecule has 0 unspecified atom stereocenters. The first-order valence-electron chi connectivity index (χ1n) is 10.4. The van der Waals surface area contributed by atoms with Crippen LogP contribution in [0.4, 0.5) is 5.69 Å². The molecule has 1 aromatic carbocycles. The third kappa shape index (κ3) is 4.67. The number of hydrogen-bond acceptors (Lipinski definition) is 4. The SMILES string of the molecule is Cc1cccc(C(C)C)c1NC(=O)C1CCN(S(=O)(=O)c2cc(C(N)=O)n(C)c2)CC1. The first-order valence-corrected chi connectivity index (χ1v) is 11.8. The number of aryl methyl sites for hydroxylation is 2. The summed E-state index contributed by atoms with van der Waals surface area (Å²) >= 11 is 0. The van der Waals surface area contributed by atoms with Crippen molar-refractivity contribution in [2.75, 3.05) is 18.4 Å². The van der Waals surface area contributed by atoms with Gasteiger partial charge in [-0.3, -0.25) is 9.59 Å². The van der Waals surface area contributed by atoms with E-state index in [9.17, 15) is 18.0 Å². The van der Waals surface area contributed by atoms with E-state index in [4.69, 9.17) is 5.73 Å². The lowest BCUT2D eigenvalue weighted by Gasteiger charge is -2.30. The molecule has 0 aliphatic carbocycles. The molecule has 1 fully saturated rings. The summed E-state index contributed by atoms with van der Waals surface area (Å²) in [7, 11) is -2.18. The zero-order valence-electron chi connectivity index (χ0n) is 18.4. The number of anilines is 1. The third-order valence-corrected chi connectivity index (χ3v) is 7.73. The van der Waals surface area contributed by atoms with Crippen molar-refractivity contribution in [1.82, 2.24) is 8.87 Å². The van der Waals surface area contributed by atoms with Crippen molar-refractivity contribution in [3.05, 3.63) is 47.3 Å². The predicted octanol–water partition coefficient (Wildman–Crippen LogP) is 2.60. The van der Waals surface area contributed by atoms with Crippen LogP contribution < -0.4 is 11.1 Å². The molecule has 0 radical (unpaired) electrons. The van der Waals surface area contributed by atoms with Gasteiger partial charge in [-0.25, -0.2) is 8.42 Å². The van der Waals surface area contributed by atoms with Crippen molar-refractivity contribution in [1.29, 1.82) is 0 Å². The fraction of sp³-hybridized carbons (Fsp3) is 0.455. The van der Waals surface area contributed by atoms with Crippen molar-refractivity contribution < 1.29 is 18.0 Å². The van der Waals surface area contributed by atoms with Gasteiger partial charge in [-0.05, 0) is 42.9 Å². The van der Waals surface area contributed by atoms with Crippen molar-refractivity contribution in [3.8, 4) is 0 Å². The molecule has 31 heavy (non-hydrogen) atoms. The molecule has 2 amide bonds. The van der Waals surface area contributed by atoms with Gasteiger partial charge in [-0.1, -0.05) is 32.0 Å². The maximum absolute atomic E-state index is 13.0. The van der Waals surface area contributed by atoms with Crippen LogP contribution in [0, 0.1) is 12.8 Å². The molecular formula is C22H30N4O4S. The Labute approximate surface area is 183 Å². The summed E-state index contributed by atoms with van der Waals surface area (Å²) in [5, 5.41) is 3.08. The van der Waals surface area contributed by atoms with E-state index >= 15 is 0 Å². The second-order valence-electron chi connectivity index (χ2n) is 8.40. The molecule has 1 aliphatic heterocycles. The Morgan fingerprint density at radius 1 is 1.19 bits per heavy atom. The Bertz CT molecular complexity index is 1100. The number of piperidine rings is 1. The molecule has 8 nitrogen and oxygen atoms in total. The van der Waals surface area contributed by atoms with Crippen LogP contribution in [-0.4, -0.2) is 42.2 Å². The number of amides is 2. The minimum absolute atomic E-state index is 0.0354. The summed E-state index contributed by atoms with van der Waals surface area (Å²) in [6, 6.07) is 7.26. The summed E-state index contributed by atoms with van der Waals surface area (Å²) in [6.07, 6.45) is 2.26. The summed E-state index contributed by atoms with van der Waals surface area (Å²) in [5.41, 5.74) is 8.37. The molecule has 2 aromatic rings. The number of rotatable bonds is 6. The Balaban J connectivity index is 1.69. The van der Waals surface area contributed by atoms with E-state index < -0.39 is 15.9 Å². The number of carbonyl (C=O) groups excluding carboxylic acids is 2. The molecule has 1 aromatic heterocycles. The summed E-state index contributed by atoms with van der Waals surface area (Å²) in [6.45, 7) is 6.62. The van der Waals surface area contributed by atoms with E-state index in [2.05, 4.69) is 19.2 Å². The van der Waals surface area contributed by atoms with Gasteiger partial charge in [0.05, 0.1) is 0 Å². The number of nitrogens with zero attached hydrogens (tertiary/aromatic N) is 2. The largest absolute Gasteiger partial charge is 0.364 e. The van der Waals surface area contributed by atoms with Crippen molar-refractivity contribution in [2.45, 2.75) is 44.4 Å². The number of sulfonamides is 1.